The van der Waals surface area contributed by atoms with Gasteiger partial charge in [0.2, 0.25) is 0 Å². The van der Waals surface area contributed by atoms with E-state index in [0.29, 0.717) is 13.1 Å². The predicted octanol–water partition coefficient (Wildman–Crippen LogP) is 2.40. The van der Waals surface area contributed by atoms with Crippen molar-refractivity contribution in [1.82, 2.24) is 19.7 Å². The highest BCUT2D eigenvalue weighted by Crippen LogP contribution is 2.53. The molecule has 1 fully saturated rings. The molecule has 4 rings (SSSR count). The number of thiophene rings is 1. The van der Waals surface area contributed by atoms with Gasteiger partial charge in [0.1, 0.15) is 17.4 Å². The van der Waals surface area contributed by atoms with Crippen LogP contribution in [0.5, 0.6) is 0 Å². The number of aromatic amines is 1. The van der Waals surface area contributed by atoms with Crippen LogP contribution in [0, 0.1) is 6.92 Å². The molecule has 2 amide bonds. The summed E-state index contributed by atoms with van der Waals surface area (Å²) in [5.41, 5.74) is 1.69. The molecule has 1 saturated heterocycles. The van der Waals surface area contributed by atoms with Crippen molar-refractivity contribution in [3.63, 3.8) is 0 Å². The molecule has 146 valence electrons. The smallest absolute Gasteiger partial charge is 0.342 e. The van der Waals surface area contributed by atoms with Gasteiger partial charge in [0.25, 0.3) is 0 Å². The highest BCUT2D eigenvalue weighted by molar-refractivity contribution is 7.16. The van der Waals surface area contributed by atoms with Gasteiger partial charge in [0, 0.05) is 23.0 Å². The predicted molar refractivity (Wildman–Crippen MR) is 98.9 cm³/mol. The number of ether oxygens (including phenoxy) is 1. The minimum atomic E-state index is -0.482. The van der Waals surface area contributed by atoms with Gasteiger partial charge in [0.05, 0.1) is 13.2 Å². The van der Waals surface area contributed by atoms with E-state index in [9.17, 15) is 14.0 Å². The van der Waals surface area contributed by atoms with Crippen LogP contribution in [0.4, 0.5) is 14.2 Å². The number of epoxide rings is 1. The average molecular weight is 395 g/mol. The molecule has 0 saturated carbocycles. The number of fused-ring (bicyclic) bond motifs is 3. The molecular weight excluding hydrogens is 373 g/mol. The Kier molecular flexibility index (Phi) is 4.55. The van der Waals surface area contributed by atoms with Crippen molar-refractivity contribution in [2.24, 2.45) is 0 Å². The summed E-state index contributed by atoms with van der Waals surface area (Å²) in [5, 5.41) is 4.80. The average Bonchev–Trinajstić information content (AvgIpc) is 3.17. The minimum Gasteiger partial charge on any atom is -0.342 e. The monoisotopic (exact) mass is 395 g/mol. The first-order valence-electron chi connectivity index (χ1n) is 8.98. The highest BCUT2D eigenvalue weighted by atomic mass is 32.1. The first-order chi connectivity index (χ1) is 12.9. The van der Waals surface area contributed by atoms with Crippen LogP contribution in [0.15, 0.2) is 11.1 Å². The molecule has 0 bridgehead atoms. The number of hydrogen-bond acceptors (Lipinski definition) is 5. The molecule has 2 atom stereocenters. The standard InChI is InChI=1S/C17H22FN5O3S/c1-9(2)23-14-13(26-14)12-10(3)11(7-22-16(24)19-8-20-22)27-15(12)21(17(23)25)6-4-5-18/h8-9,13-14H,4-7H2,1-3H3,(H,19,20,24). The summed E-state index contributed by atoms with van der Waals surface area (Å²) in [5.74, 6) is 0. The Balaban J connectivity index is 1.76. The van der Waals surface area contributed by atoms with E-state index in [0.717, 1.165) is 21.0 Å². The Hall–Kier alpha value is -2.20. The van der Waals surface area contributed by atoms with Crippen LogP contribution >= 0.6 is 11.3 Å². The molecule has 2 unspecified atom stereocenters. The molecule has 2 aromatic heterocycles. The highest BCUT2D eigenvalue weighted by Gasteiger charge is 2.54. The molecule has 0 spiro atoms. The van der Waals surface area contributed by atoms with Crippen LogP contribution in [0.1, 0.15) is 42.4 Å². The van der Waals surface area contributed by atoms with Crippen LogP contribution in [-0.4, -0.2) is 51.2 Å². The van der Waals surface area contributed by atoms with Crippen molar-refractivity contribution < 1.29 is 13.9 Å². The van der Waals surface area contributed by atoms with Crippen molar-refractivity contribution in [3.05, 3.63) is 32.8 Å². The molecule has 2 aliphatic rings. The Labute approximate surface area is 159 Å². The number of carbonyl (C=O) groups is 1. The summed E-state index contributed by atoms with van der Waals surface area (Å²) in [6.45, 7) is 6.03. The topological polar surface area (TPSA) is 86.8 Å². The SMILES string of the molecule is Cc1c(Cn2nc[nH]c2=O)sc2c1C1OC1N(C(C)C)C(=O)N2CCCF. The van der Waals surface area contributed by atoms with Gasteiger partial charge >= 0.3 is 11.7 Å². The van der Waals surface area contributed by atoms with Crippen LogP contribution < -0.4 is 10.6 Å². The molecule has 4 heterocycles. The molecule has 0 aliphatic carbocycles. The molecule has 0 aromatic carbocycles. The third-order valence-corrected chi connectivity index (χ3v) is 6.30. The maximum absolute atomic E-state index is 13.2. The molecule has 27 heavy (non-hydrogen) atoms. The van der Waals surface area contributed by atoms with Crippen LogP contribution in [0.2, 0.25) is 0 Å². The summed E-state index contributed by atoms with van der Waals surface area (Å²) in [4.78, 5) is 31.8. The third kappa shape index (κ3) is 2.96. The number of alkyl halides is 1. The van der Waals surface area contributed by atoms with E-state index >= 15 is 0 Å². The molecule has 1 N–H and O–H groups in total. The molecular formula is C17H22FN5O3S. The lowest BCUT2D eigenvalue weighted by Gasteiger charge is -2.30. The van der Waals surface area contributed by atoms with Gasteiger partial charge in [-0.3, -0.25) is 19.2 Å². The lowest BCUT2D eigenvalue weighted by Crippen LogP contribution is -2.47. The van der Waals surface area contributed by atoms with Gasteiger partial charge in [-0.05, 0) is 32.8 Å². The molecule has 2 aliphatic heterocycles. The summed E-state index contributed by atoms with van der Waals surface area (Å²) in [6.07, 6.45) is 1.16. The number of rotatable bonds is 6. The summed E-state index contributed by atoms with van der Waals surface area (Å²) in [6, 6.07) is -0.175. The number of anilines is 1. The maximum atomic E-state index is 13.2. The van der Waals surface area contributed by atoms with E-state index in [-0.39, 0.29) is 36.5 Å². The van der Waals surface area contributed by atoms with Gasteiger partial charge in [0.15, 0.2) is 6.23 Å². The van der Waals surface area contributed by atoms with E-state index in [1.54, 1.807) is 9.80 Å². The van der Waals surface area contributed by atoms with Crippen molar-refractivity contribution in [3.8, 4) is 0 Å². The molecule has 8 nitrogen and oxygen atoms in total. The Bertz CT molecular complexity index is 920. The summed E-state index contributed by atoms with van der Waals surface area (Å²) >= 11 is 1.45. The Morgan fingerprint density at radius 1 is 1.41 bits per heavy atom. The second kappa shape index (κ2) is 6.75. The van der Waals surface area contributed by atoms with Gasteiger partial charge in [-0.25, -0.2) is 14.3 Å². The second-order valence-corrected chi connectivity index (χ2v) is 8.13. The van der Waals surface area contributed by atoms with Gasteiger partial charge in [-0.2, -0.15) is 5.10 Å². The first-order valence-corrected chi connectivity index (χ1v) is 9.79. The second-order valence-electron chi connectivity index (χ2n) is 7.05. The first kappa shape index (κ1) is 18.2. The van der Waals surface area contributed by atoms with Crippen molar-refractivity contribution >= 4 is 22.4 Å². The molecule has 10 heteroatoms. The van der Waals surface area contributed by atoms with Gasteiger partial charge < -0.3 is 4.74 Å². The summed E-state index contributed by atoms with van der Waals surface area (Å²) < 4.78 is 20.1. The quantitative estimate of drug-likeness (QED) is 0.761. The fourth-order valence-electron chi connectivity index (χ4n) is 3.57. The minimum absolute atomic E-state index is 0.0169. The fourth-order valence-corrected chi connectivity index (χ4v) is 4.91. The number of halogens is 1. The zero-order valence-corrected chi connectivity index (χ0v) is 16.3. The number of nitrogens with zero attached hydrogens (tertiary/aromatic N) is 4. The normalized spacial score (nSPS) is 21.4. The van der Waals surface area contributed by atoms with E-state index in [4.69, 9.17) is 4.74 Å². The molecule has 2 aromatic rings. The van der Waals surface area contributed by atoms with Crippen LogP contribution in [0.25, 0.3) is 0 Å². The van der Waals surface area contributed by atoms with E-state index in [1.807, 2.05) is 20.8 Å². The van der Waals surface area contributed by atoms with Gasteiger partial charge in [-0.15, -0.1) is 11.3 Å². The Morgan fingerprint density at radius 3 is 2.81 bits per heavy atom. The zero-order valence-electron chi connectivity index (χ0n) is 15.4. The number of amides is 2. The number of urea groups is 1. The number of aromatic nitrogens is 3. The van der Waals surface area contributed by atoms with Crippen LogP contribution in [0.3, 0.4) is 0 Å². The van der Waals surface area contributed by atoms with Crippen molar-refractivity contribution in [2.45, 2.75) is 52.1 Å². The maximum Gasteiger partial charge on any atom is 0.343 e. The van der Waals surface area contributed by atoms with Gasteiger partial charge in [-0.1, -0.05) is 0 Å². The fraction of sp³-hybridized carbons (Fsp3) is 0.588. The third-order valence-electron chi connectivity index (χ3n) is 4.98. The Morgan fingerprint density at radius 2 is 2.19 bits per heavy atom. The van der Waals surface area contributed by atoms with E-state index in [1.165, 1.54) is 22.3 Å². The lowest BCUT2D eigenvalue weighted by atomic mass is 10.1. The summed E-state index contributed by atoms with van der Waals surface area (Å²) in [7, 11) is 0. The number of carbonyl (C=O) groups excluding carboxylic acids is 1. The lowest BCUT2D eigenvalue weighted by molar-refractivity contribution is 0.151. The zero-order chi connectivity index (χ0) is 19.3. The molecule has 0 radical (unpaired) electrons. The number of H-pyrrole nitrogens is 1. The number of hydrogen-bond donors (Lipinski definition) is 1. The van der Waals surface area contributed by atoms with E-state index in [2.05, 4.69) is 10.1 Å². The van der Waals surface area contributed by atoms with Crippen molar-refractivity contribution in [1.29, 1.82) is 0 Å². The van der Waals surface area contributed by atoms with Crippen LogP contribution in [-0.2, 0) is 11.3 Å². The van der Waals surface area contributed by atoms with Crippen molar-refractivity contribution in [2.75, 3.05) is 18.1 Å². The van der Waals surface area contributed by atoms with E-state index < -0.39 is 6.67 Å². The largest absolute Gasteiger partial charge is 0.343 e. The number of nitrogens with one attached hydrogen (secondary N) is 1.